The van der Waals surface area contributed by atoms with Crippen LogP contribution < -0.4 is 4.74 Å². The first-order chi connectivity index (χ1) is 13.6. The zero-order valence-electron chi connectivity index (χ0n) is 16.8. The third kappa shape index (κ3) is 3.79. The van der Waals surface area contributed by atoms with Gasteiger partial charge in [0.2, 0.25) is 0 Å². The molecule has 28 heavy (non-hydrogen) atoms. The average Bonchev–Trinajstić information content (AvgIpc) is 3.06. The maximum Gasteiger partial charge on any atom is 0.141 e. The molecule has 3 nitrogen and oxygen atoms in total. The van der Waals surface area contributed by atoms with Crippen molar-refractivity contribution in [3.05, 3.63) is 77.9 Å². The molecule has 0 spiro atoms. The van der Waals surface area contributed by atoms with E-state index in [2.05, 4.69) is 67.8 Å². The van der Waals surface area contributed by atoms with E-state index in [0.717, 1.165) is 47.8 Å². The fourth-order valence-electron chi connectivity index (χ4n) is 3.41. The predicted molar refractivity (Wildman–Crippen MR) is 116 cm³/mol. The summed E-state index contributed by atoms with van der Waals surface area (Å²) < 4.78 is 8.32. The van der Waals surface area contributed by atoms with E-state index in [0.29, 0.717) is 0 Å². The summed E-state index contributed by atoms with van der Waals surface area (Å²) in [5, 5.41) is 0. The van der Waals surface area contributed by atoms with Crippen molar-refractivity contribution in [2.24, 2.45) is 0 Å². The molecule has 0 fully saturated rings. The van der Waals surface area contributed by atoms with Gasteiger partial charge in [-0.2, -0.15) is 0 Å². The Kier molecular flexibility index (Phi) is 5.16. The fourth-order valence-corrected chi connectivity index (χ4v) is 3.41. The molecule has 0 saturated heterocycles. The minimum absolute atomic E-state index is 0.833. The lowest BCUT2D eigenvalue weighted by Gasteiger charge is -2.10. The van der Waals surface area contributed by atoms with Crippen molar-refractivity contribution in [1.82, 2.24) is 9.55 Å². The molecule has 0 amide bonds. The Balaban J connectivity index is 1.66. The van der Waals surface area contributed by atoms with Gasteiger partial charge in [-0.3, -0.25) is 0 Å². The fraction of sp³-hybridized carbons (Fsp3) is 0.240. The van der Waals surface area contributed by atoms with Crippen LogP contribution in [0.3, 0.4) is 0 Å². The van der Waals surface area contributed by atoms with E-state index in [-0.39, 0.29) is 0 Å². The maximum absolute atomic E-state index is 5.97. The van der Waals surface area contributed by atoms with Gasteiger partial charge in [0.25, 0.3) is 0 Å². The van der Waals surface area contributed by atoms with E-state index >= 15 is 0 Å². The lowest BCUT2D eigenvalue weighted by Crippen LogP contribution is -2.00. The van der Waals surface area contributed by atoms with Crippen molar-refractivity contribution >= 4 is 11.0 Å². The highest BCUT2D eigenvalue weighted by atomic mass is 16.5. The quantitative estimate of drug-likeness (QED) is 0.368. The van der Waals surface area contributed by atoms with Gasteiger partial charge >= 0.3 is 0 Å². The van der Waals surface area contributed by atoms with E-state index in [4.69, 9.17) is 9.72 Å². The van der Waals surface area contributed by atoms with Crippen molar-refractivity contribution in [2.45, 2.75) is 40.2 Å². The Bertz CT molecular complexity index is 1080. The molecule has 142 valence electrons. The number of rotatable bonds is 6. The number of fused-ring (bicyclic) bond motifs is 1. The third-order valence-corrected chi connectivity index (χ3v) is 5.01. The largest absolute Gasteiger partial charge is 0.457 e. The van der Waals surface area contributed by atoms with Crippen molar-refractivity contribution < 1.29 is 4.74 Å². The number of benzene rings is 3. The second-order valence-corrected chi connectivity index (χ2v) is 7.37. The molecule has 0 aliphatic carbocycles. The van der Waals surface area contributed by atoms with Crippen LogP contribution in [0.4, 0.5) is 0 Å². The van der Waals surface area contributed by atoms with Crippen molar-refractivity contribution in [3.63, 3.8) is 0 Å². The predicted octanol–water partition coefficient (Wildman–Crippen LogP) is 6.91. The molecule has 3 aromatic carbocycles. The van der Waals surface area contributed by atoms with Crippen molar-refractivity contribution in [1.29, 1.82) is 0 Å². The molecule has 0 saturated carbocycles. The van der Waals surface area contributed by atoms with Crippen LogP contribution in [0.2, 0.25) is 0 Å². The monoisotopic (exact) mass is 370 g/mol. The molecule has 4 aromatic rings. The minimum atomic E-state index is 0.833. The molecule has 0 bridgehead atoms. The number of hydrogen-bond acceptors (Lipinski definition) is 2. The van der Waals surface area contributed by atoms with Gasteiger partial charge in [0.05, 0.1) is 11.0 Å². The molecule has 0 aliphatic rings. The highest BCUT2D eigenvalue weighted by molar-refractivity contribution is 5.81. The number of ether oxygens (including phenoxy) is 1. The van der Waals surface area contributed by atoms with Crippen LogP contribution in [-0.4, -0.2) is 9.55 Å². The van der Waals surface area contributed by atoms with Gasteiger partial charge in [-0.05, 0) is 74.4 Å². The molecule has 0 aliphatic heterocycles. The Labute approximate surface area is 166 Å². The first kappa shape index (κ1) is 18.3. The van der Waals surface area contributed by atoms with Gasteiger partial charge in [-0.15, -0.1) is 0 Å². The summed E-state index contributed by atoms with van der Waals surface area (Å²) >= 11 is 0. The molecule has 1 heterocycles. The highest BCUT2D eigenvalue weighted by Gasteiger charge is 2.13. The number of nitrogens with zero attached hydrogens (tertiary/aromatic N) is 2. The van der Waals surface area contributed by atoms with Gasteiger partial charge < -0.3 is 9.30 Å². The summed E-state index contributed by atoms with van der Waals surface area (Å²) in [6, 6.07) is 22.8. The van der Waals surface area contributed by atoms with Crippen molar-refractivity contribution in [3.8, 4) is 22.9 Å². The van der Waals surface area contributed by atoms with Gasteiger partial charge in [0.1, 0.15) is 17.3 Å². The summed E-state index contributed by atoms with van der Waals surface area (Å²) in [6.45, 7) is 7.41. The summed E-state index contributed by atoms with van der Waals surface area (Å²) in [5.41, 5.74) is 5.86. The normalized spacial score (nSPS) is 11.1. The van der Waals surface area contributed by atoms with Crippen LogP contribution in [0.1, 0.15) is 30.9 Å². The standard InChI is InChI=1S/C25H26N2O/c1-4-5-16-27-24-17-19(3)8-15-23(24)26-25(27)20-9-13-22(14-10-20)28-21-11-6-18(2)7-12-21/h6-15,17H,4-5,16H2,1-3H3. The second kappa shape index (κ2) is 7.89. The molecule has 0 atom stereocenters. The van der Waals surface area contributed by atoms with E-state index in [9.17, 15) is 0 Å². The first-order valence-corrected chi connectivity index (χ1v) is 9.96. The third-order valence-electron chi connectivity index (χ3n) is 5.01. The summed E-state index contributed by atoms with van der Waals surface area (Å²) in [6.07, 6.45) is 2.30. The van der Waals surface area contributed by atoms with Gasteiger partial charge in [0.15, 0.2) is 0 Å². The first-order valence-electron chi connectivity index (χ1n) is 9.96. The average molecular weight is 370 g/mol. The second-order valence-electron chi connectivity index (χ2n) is 7.37. The Hall–Kier alpha value is -3.07. The summed E-state index contributed by atoms with van der Waals surface area (Å²) in [5.74, 6) is 2.71. The van der Waals surface area contributed by atoms with Crippen LogP contribution >= 0.6 is 0 Å². The Morgan fingerprint density at radius 3 is 2.14 bits per heavy atom. The number of aromatic nitrogens is 2. The molecule has 0 radical (unpaired) electrons. The summed E-state index contributed by atoms with van der Waals surface area (Å²) in [4.78, 5) is 4.92. The minimum Gasteiger partial charge on any atom is -0.457 e. The summed E-state index contributed by atoms with van der Waals surface area (Å²) in [7, 11) is 0. The number of unbranched alkanes of at least 4 members (excludes halogenated alkanes) is 1. The number of hydrogen-bond donors (Lipinski definition) is 0. The molecular weight excluding hydrogens is 344 g/mol. The van der Waals surface area contributed by atoms with Crippen LogP contribution in [-0.2, 0) is 6.54 Å². The zero-order valence-corrected chi connectivity index (χ0v) is 16.8. The highest BCUT2D eigenvalue weighted by Crippen LogP contribution is 2.29. The van der Waals surface area contributed by atoms with Crippen LogP contribution in [0, 0.1) is 13.8 Å². The lowest BCUT2D eigenvalue weighted by molar-refractivity contribution is 0.482. The Morgan fingerprint density at radius 2 is 1.46 bits per heavy atom. The molecule has 0 unspecified atom stereocenters. The molecule has 3 heteroatoms. The van der Waals surface area contributed by atoms with Crippen LogP contribution in [0.15, 0.2) is 66.7 Å². The molecule has 0 N–H and O–H groups in total. The van der Waals surface area contributed by atoms with E-state index in [1.165, 1.54) is 16.6 Å². The maximum atomic E-state index is 5.97. The van der Waals surface area contributed by atoms with Crippen molar-refractivity contribution in [2.75, 3.05) is 0 Å². The molecular formula is C25H26N2O. The van der Waals surface area contributed by atoms with E-state index in [1.807, 2.05) is 24.3 Å². The van der Waals surface area contributed by atoms with Crippen LogP contribution in [0.25, 0.3) is 22.4 Å². The van der Waals surface area contributed by atoms with Crippen LogP contribution in [0.5, 0.6) is 11.5 Å². The van der Waals surface area contributed by atoms with Gasteiger partial charge in [0, 0.05) is 12.1 Å². The Morgan fingerprint density at radius 1 is 0.821 bits per heavy atom. The van der Waals surface area contributed by atoms with Gasteiger partial charge in [-0.1, -0.05) is 37.1 Å². The topological polar surface area (TPSA) is 27.1 Å². The lowest BCUT2D eigenvalue weighted by atomic mass is 10.2. The van der Waals surface area contributed by atoms with Gasteiger partial charge in [-0.25, -0.2) is 4.98 Å². The SMILES string of the molecule is CCCCn1c(-c2ccc(Oc3ccc(C)cc3)cc2)nc2ccc(C)cc21. The zero-order chi connectivity index (χ0) is 19.5. The van der Waals surface area contributed by atoms with E-state index in [1.54, 1.807) is 0 Å². The number of aryl methyl sites for hydroxylation is 3. The smallest absolute Gasteiger partial charge is 0.141 e. The van der Waals surface area contributed by atoms with E-state index < -0.39 is 0 Å². The molecule has 1 aromatic heterocycles. The molecule has 4 rings (SSSR count). The number of imidazole rings is 1.